The van der Waals surface area contributed by atoms with Crippen LogP contribution in [0.15, 0.2) is 24.3 Å². The Morgan fingerprint density at radius 2 is 1.90 bits per heavy atom. The first-order valence-electron chi connectivity index (χ1n) is 6.73. The van der Waals surface area contributed by atoms with E-state index < -0.39 is 0 Å². The van der Waals surface area contributed by atoms with Gasteiger partial charge in [0.2, 0.25) is 17.2 Å². The van der Waals surface area contributed by atoms with Crippen LogP contribution >= 0.6 is 11.6 Å². The lowest BCUT2D eigenvalue weighted by molar-refractivity contribution is 0.414. The molecule has 0 aliphatic heterocycles. The highest BCUT2D eigenvalue weighted by Gasteiger charge is 2.04. The van der Waals surface area contributed by atoms with Crippen molar-refractivity contribution in [1.82, 2.24) is 15.0 Å². The van der Waals surface area contributed by atoms with Gasteiger partial charge in [-0.3, -0.25) is 0 Å². The fourth-order valence-electron chi connectivity index (χ4n) is 1.81. The molecule has 0 saturated carbocycles. The number of hydrogen-bond acceptors (Lipinski definition) is 6. The van der Waals surface area contributed by atoms with Crippen molar-refractivity contribution in [2.24, 2.45) is 0 Å². The molecule has 0 radical (unpaired) electrons. The zero-order valence-electron chi connectivity index (χ0n) is 12.1. The first-order valence-corrected chi connectivity index (χ1v) is 7.11. The van der Waals surface area contributed by atoms with E-state index in [1.807, 2.05) is 25.1 Å². The van der Waals surface area contributed by atoms with Gasteiger partial charge in [0.05, 0.1) is 7.11 Å². The molecule has 1 heterocycles. The molecule has 0 saturated heterocycles. The van der Waals surface area contributed by atoms with Gasteiger partial charge in [-0.25, -0.2) is 0 Å². The summed E-state index contributed by atoms with van der Waals surface area (Å²) < 4.78 is 5.20. The predicted octanol–water partition coefficient (Wildman–Crippen LogP) is 2.62. The fourth-order valence-corrected chi connectivity index (χ4v) is 1.97. The van der Waals surface area contributed by atoms with E-state index in [2.05, 4.69) is 31.7 Å². The molecule has 0 amide bonds. The molecule has 1 aromatic heterocycles. The minimum atomic E-state index is 0.171. The molecular formula is C14H18ClN5O. The molecule has 0 atom stereocenters. The first kappa shape index (κ1) is 15.3. The number of ether oxygens (including phenoxy) is 1. The van der Waals surface area contributed by atoms with Gasteiger partial charge in [-0.1, -0.05) is 12.1 Å². The SMILES string of the molecule is CCNc1nc(Cl)nc(NCCc2cccc(OC)c2)n1. The van der Waals surface area contributed by atoms with Crippen LogP contribution in [-0.2, 0) is 6.42 Å². The molecule has 2 N–H and O–H groups in total. The number of aromatic nitrogens is 3. The summed E-state index contributed by atoms with van der Waals surface area (Å²) in [6, 6.07) is 7.95. The van der Waals surface area contributed by atoms with E-state index in [1.165, 1.54) is 5.56 Å². The number of nitrogens with one attached hydrogen (secondary N) is 2. The number of nitrogens with zero attached hydrogens (tertiary/aromatic N) is 3. The maximum Gasteiger partial charge on any atom is 0.228 e. The van der Waals surface area contributed by atoms with Crippen LogP contribution in [0.5, 0.6) is 5.75 Å². The molecule has 0 bridgehead atoms. The van der Waals surface area contributed by atoms with Crippen molar-refractivity contribution in [2.45, 2.75) is 13.3 Å². The van der Waals surface area contributed by atoms with Crippen LogP contribution in [-0.4, -0.2) is 35.2 Å². The highest BCUT2D eigenvalue weighted by molar-refractivity contribution is 6.28. The van der Waals surface area contributed by atoms with Crippen molar-refractivity contribution < 1.29 is 4.74 Å². The third-order valence-corrected chi connectivity index (χ3v) is 2.94. The van der Waals surface area contributed by atoms with Crippen LogP contribution in [0.1, 0.15) is 12.5 Å². The molecule has 1 aromatic carbocycles. The summed E-state index contributed by atoms with van der Waals surface area (Å²) >= 11 is 5.86. The maximum absolute atomic E-state index is 5.86. The Balaban J connectivity index is 1.93. The minimum Gasteiger partial charge on any atom is -0.497 e. The summed E-state index contributed by atoms with van der Waals surface area (Å²) in [5.74, 6) is 1.79. The van der Waals surface area contributed by atoms with Crippen LogP contribution in [0, 0.1) is 0 Å². The Morgan fingerprint density at radius 3 is 2.62 bits per heavy atom. The number of methoxy groups -OCH3 is 1. The van der Waals surface area contributed by atoms with Gasteiger partial charge < -0.3 is 15.4 Å². The van der Waals surface area contributed by atoms with Crippen LogP contribution in [0.25, 0.3) is 0 Å². The average Bonchev–Trinajstić information content (AvgIpc) is 2.47. The van der Waals surface area contributed by atoms with Crippen molar-refractivity contribution in [3.05, 3.63) is 35.1 Å². The van der Waals surface area contributed by atoms with Gasteiger partial charge >= 0.3 is 0 Å². The average molecular weight is 308 g/mol. The van der Waals surface area contributed by atoms with Crippen molar-refractivity contribution in [1.29, 1.82) is 0 Å². The van der Waals surface area contributed by atoms with E-state index in [0.29, 0.717) is 18.4 Å². The Bertz CT molecular complexity index is 593. The van der Waals surface area contributed by atoms with Crippen molar-refractivity contribution >= 4 is 23.5 Å². The minimum absolute atomic E-state index is 0.171. The van der Waals surface area contributed by atoms with Gasteiger partial charge in [-0.2, -0.15) is 15.0 Å². The molecule has 6 nitrogen and oxygen atoms in total. The Labute approximate surface area is 128 Å². The lowest BCUT2D eigenvalue weighted by Crippen LogP contribution is -2.11. The molecule has 112 valence electrons. The van der Waals surface area contributed by atoms with Crippen LogP contribution < -0.4 is 15.4 Å². The molecule has 2 aromatic rings. The quantitative estimate of drug-likeness (QED) is 0.819. The van der Waals surface area contributed by atoms with Gasteiger partial charge in [0.1, 0.15) is 5.75 Å². The molecular weight excluding hydrogens is 290 g/mol. The van der Waals surface area contributed by atoms with E-state index >= 15 is 0 Å². The second kappa shape index (κ2) is 7.64. The zero-order chi connectivity index (χ0) is 15.1. The van der Waals surface area contributed by atoms with E-state index in [4.69, 9.17) is 16.3 Å². The van der Waals surface area contributed by atoms with E-state index in [-0.39, 0.29) is 5.28 Å². The van der Waals surface area contributed by atoms with E-state index in [9.17, 15) is 0 Å². The molecule has 2 rings (SSSR count). The van der Waals surface area contributed by atoms with Crippen molar-refractivity contribution in [2.75, 3.05) is 30.8 Å². The first-order chi connectivity index (χ1) is 10.2. The van der Waals surface area contributed by atoms with Gasteiger partial charge in [-0.05, 0) is 42.6 Å². The normalized spacial score (nSPS) is 10.2. The molecule has 0 fully saturated rings. The van der Waals surface area contributed by atoms with Crippen molar-refractivity contribution in [3.8, 4) is 5.75 Å². The number of halogens is 1. The Morgan fingerprint density at radius 1 is 1.14 bits per heavy atom. The summed E-state index contributed by atoms with van der Waals surface area (Å²) in [6.07, 6.45) is 0.830. The topological polar surface area (TPSA) is 72.0 Å². The predicted molar refractivity (Wildman–Crippen MR) is 84.2 cm³/mol. The van der Waals surface area contributed by atoms with E-state index in [1.54, 1.807) is 7.11 Å². The van der Waals surface area contributed by atoms with Crippen LogP contribution in [0.4, 0.5) is 11.9 Å². The summed E-state index contributed by atoms with van der Waals surface area (Å²) in [4.78, 5) is 12.3. The fraction of sp³-hybridized carbons (Fsp3) is 0.357. The summed E-state index contributed by atoms with van der Waals surface area (Å²) in [6.45, 7) is 3.39. The highest BCUT2D eigenvalue weighted by Crippen LogP contribution is 2.13. The smallest absolute Gasteiger partial charge is 0.228 e. The molecule has 0 spiro atoms. The van der Waals surface area contributed by atoms with Crippen molar-refractivity contribution in [3.63, 3.8) is 0 Å². The third kappa shape index (κ3) is 4.75. The molecule has 0 unspecified atom stereocenters. The summed E-state index contributed by atoms with van der Waals surface area (Å²) in [5, 5.41) is 6.32. The molecule has 21 heavy (non-hydrogen) atoms. The number of hydrogen-bond donors (Lipinski definition) is 2. The third-order valence-electron chi connectivity index (χ3n) is 2.77. The van der Waals surface area contributed by atoms with Gasteiger partial charge in [0.25, 0.3) is 0 Å². The lowest BCUT2D eigenvalue weighted by atomic mass is 10.1. The monoisotopic (exact) mass is 307 g/mol. The Hall–Kier alpha value is -2.08. The highest BCUT2D eigenvalue weighted by atomic mass is 35.5. The number of benzene rings is 1. The molecule has 0 aliphatic rings. The number of rotatable bonds is 7. The summed E-state index contributed by atoms with van der Waals surface area (Å²) in [7, 11) is 1.66. The maximum atomic E-state index is 5.86. The second-order valence-corrected chi connectivity index (χ2v) is 4.65. The lowest BCUT2D eigenvalue weighted by Gasteiger charge is -2.08. The van der Waals surface area contributed by atoms with Gasteiger partial charge in [0, 0.05) is 13.1 Å². The van der Waals surface area contributed by atoms with Gasteiger partial charge in [-0.15, -0.1) is 0 Å². The largest absolute Gasteiger partial charge is 0.497 e. The molecule has 0 aliphatic carbocycles. The van der Waals surface area contributed by atoms with Gasteiger partial charge in [0.15, 0.2) is 0 Å². The van der Waals surface area contributed by atoms with Crippen LogP contribution in [0.3, 0.4) is 0 Å². The molecule has 7 heteroatoms. The number of anilines is 2. The van der Waals surface area contributed by atoms with Crippen LogP contribution in [0.2, 0.25) is 5.28 Å². The standard InChI is InChI=1S/C14H18ClN5O/c1-3-16-13-18-12(15)19-14(20-13)17-8-7-10-5-4-6-11(9-10)21-2/h4-6,9H,3,7-8H2,1-2H3,(H2,16,17,18,19,20). The van der Waals surface area contributed by atoms with E-state index in [0.717, 1.165) is 18.7 Å². The Kier molecular flexibility index (Phi) is 5.57. The second-order valence-electron chi connectivity index (χ2n) is 4.31. The summed E-state index contributed by atoms with van der Waals surface area (Å²) in [5.41, 5.74) is 1.17. The zero-order valence-corrected chi connectivity index (χ0v) is 12.8.